The molecular formula is C27H23BrClN3O5. The molecule has 0 aromatic heterocycles. The Morgan fingerprint density at radius 2 is 1.81 bits per heavy atom. The first kappa shape index (κ1) is 27.6. The van der Waals surface area contributed by atoms with E-state index in [1.807, 2.05) is 6.07 Å². The van der Waals surface area contributed by atoms with Gasteiger partial charge in [0, 0.05) is 5.69 Å². The average molecular weight is 585 g/mol. The molecule has 3 rings (SSSR count). The summed E-state index contributed by atoms with van der Waals surface area (Å²) < 4.78 is 17.0. The first-order chi connectivity index (χ1) is 17.8. The van der Waals surface area contributed by atoms with E-state index in [-0.39, 0.29) is 12.2 Å². The predicted molar refractivity (Wildman–Crippen MR) is 146 cm³/mol. The number of anilines is 2. The van der Waals surface area contributed by atoms with Crippen LogP contribution in [-0.4, -0.2) is 32.1 Å². The van der Waals surface area contributed by atoms with E-state index in [1.165, 1.54) is 6.08 Å². The van der Waals surface area contributed by atoms with Crippen molar-refractivity contribution in [1.82, 2.24) is 0 Å². The van der Waals surface area contributed by atoms with Crippen LogP contribution in [0.2, 0.25) is 5.02 Å². The maximum atomic E-state index is 12.7. The van der Waals surface area contributed by atoms with Gasteiger partial charge in [-0.1, -0.05) is 23.7 Å². The van der Waals surface area contributed by atoms with Crippen LogP contribution in [0.3, 0.4) is 0 Å². The molecule has 0 aliphatic carbocycles. The second-order valence-corrected chi connectivity index (χ2v) is 8.69. The highest BCUT2D eigenvalue weighted by molar-refractivity contribution is 9.10. The van der Waals surface area contributed by atoms with Gasteiger partial charge in [-0.3, -0.25) is 9.59 Å². The van der Waals surface area contributed by atoms with Gasteiger partial charge in [-0.05, 0) is 83.0 Å². The maximum absolute atomic E-state index is 12.7. The van der Waals surface area contributed by atoms with Crippen molar-refractivity contribution >= 4 is 56.8 Å². The van der Waals surface area contributed by atoms with Gasteiger partial charge in [0.15, 0.2) is 18.1 Å². The van der Waals surface area contributed by atoms with E-state index in [1.54, 1.807) is 74.7 Å². The van der Waals surface area contributed by atoms with Crippen molar-refractivity contribution < 1.29 is 23.8 Å². The number of rotatable bonds is 10. The van der Waals surface area contributed by atoms with Gasteiger partial charge in [-0.2, -0.15) is 5.26 Å². The summed E-state index contributed by atoms with van der Waals surface area (Å²) in [7, 11) is 1.55. The lowest BCUT2D eigenvalue weighted by molar-refractivity contribution is -0.118. The number of nitriles is 1. The van der Waals surface area contributed by atoms with E-state index in [2.05, 4.69) is 26.6 Å². The molecule has 3 aromatic carbocycles. The van der Waals surface area contributed by atoms with Gasteiger partial charge in [0.2, 0.25) is 0 Å². The molecule has 0 saturated carbocycles. The fourth-order valence-corrected chi connectivity index (χ4v) is 3.91. The third-order valence-electron chi connectivity index (χ3n) is 4.85. The summed E-state index contributed by atoms with van der Waals surface area (Å²) in [6.45, 7) is 1.82. The van der Waals surface area contributed by atoms with E-state index < -0.39 is 11.8 Å². The van der Waals surface area contributed by atoms with E-state index in [4.69, 9.17) is 25.8 Å². The minimum Gasteiger partial charge on any atom is -0.497 e. The molecule has 2 amide bonds. The second-order valence-electron chi connectivity index (χ2n) is 7.43. The average Bonchev–Trinajstić information content (AvgIpc) is 2.88. The van der Waals surface area contributed by atoms with Gasteiger partial charge in [0.25, 0.3) is 11.8 Å². The Labute approximate surface area is 227 Å². The van der Waals surface area contributed by atoms with Crippen LogP contribution < -0.4 is 24.8 Å². The zero-order valence-corrected chi connectivity index (χ0v) is 22.4. The van der Waals surface area contributed by atoms with Crippen molar-refractivity contribution in [1.29, 1.82) is 5.26 Å². The van der Waals surface area contributed by atoms with E-state index in [9.17, 15) is 14.9 Å². The normalized spacial score (nSPS) is 10.7. The zero-order valence-electron chi connectivity index (χ0n) is 20.0. The third kappa shape index (κ3) is 7.74. The van der Waals surface area contributed by atoms with Gasteiger partial charge in [-0.15, -0.1) is 0 Å². The van der Waals surface area contributed by atoms with E-state index in [0.717, 1.165) is 0 Å². The Morgan fingerprint density at radius 3 is 2.46 bits per heavy atom. The van der Waals surface area contributed by atoms with Gasteiger partial charge in [0.1, 0.15) is 17.4 Å². The standard InChI is InChI=1S/C27H23BrClN3O5/c1-3-36-24-14-17(12-18(15-30)27(34)31-19-8-10-20(35-2)11-9-19)13-21(28)26(24)37-16-25(33)32-23-7-5-4-6-22(23)29/h4-14H,3,16H2,1-2H3,(H,31,34)(H,32,33)/b18-12-. The fourth-order valence-electron chi connectivity index (χ4n) is 3.15. The number of hydrogen-bond donors (Lipinski definition) is 2. The van der Waals surface area contributed by atoms with Crippen molar-refractivity contribution in [2.45, 2.75) is 6.92 Å². The topological polar surface area (TPSA) is 110 Å². The minimum atomic E-state index is -0.571. The molecule has 8 nitrogen and oxygen atoms in total. The summed E-state index contributed by atoms with van der Waals surface area (Å²) >= 11 is 9.51. The monoisotopic (exact) mass is 583 g/mol. The first-order valence-electron chi connectivity index (χ1n) is 11.0. The lowest BCUT2D eigenvalue weighted by Crippen LogP contribution is -2.20. The SMILES string of the molecule is CCOc1cc(/C=C(/C#N)C(=O)Nc2ccc(OC)cc2)cc(Br)c1OCC(=O)Nc1ccccc1Cl. The quantitative estimate of drug-likeness (QED) is 0.221. The highest BCUT2D eigenvalue weighted by atomic mass is 79.9. The number of hydrogen-bond acceptors (Lipinski definition) is 6. The van der Waals surface area contributed by atoms with Crippen LogP contribution in [0.4, 0.5) is 11.4 Å². The molecule has 2 N–H and O–H groups in total. The van der Waals surface area contributed by atoms with Crippen LogP contribution in [-0.2, 0) is 9.59 Å². The maximum Gasteiger partial charge on any atom is 0.266 e. The lowest BCUT2D eigenvalue weighted by Gasteiger charge is -2.15. The molecule has 0 heterocycles. The summed E-state index contributed by atoms with van der Waals surface area (Å²) in [5, 5.41) is 15.4. The molecule has 0 saturated heterocycles. The van der Waals surface area contributed by atoms with Gasteiger partial charge >= 0.3 is 0 Å². The van der Waals surface area contributed by atoms with Gasteiger partial charge in [0.05, 0.1) is 28.9 Å². The van der Waals surface area contributed by atoms with Gasteiger partial charge in [-0.25, -0.2) is 0 Å². The predicted octanol–water partition coefficient (Wildman–Crippen LogP) is 6.07. The molecular weight excluding hydrogens is 562 g/mol. The molecule has 0 spiro atoms. The lowest BCUT2D eigenvalue weighted by atomic mass is 10.1. The van der Waals surface area contributed by atoms with Crippen LogP contribution in [0.25, 0.3) is 6.08 Å². The van der Waals surface area contributed by atoms with Crippen molar-refractivity contribution in [2.75, 3.05) is 31.0 Å². The minimum absolute atomic E-state index is 0.113. The number of methoxy groups -OCH3 is 1. The van der Waals surface area contributed by atoms with Crippen molar-refractivity contribution in [3.8, 4) is 23.3 Å². The number of halogens is 2. The van der Waals surface area contributed by atoms with E-state index in [0.29, 0.717) is 50.3 Å². The smallest absolute Gasteiger partial charge is 0.266 e. The van der Waals surface area contributed by atoms with Crippen LogP contribution in [0, 0.1) is 11.3 Å². The summed E-state index contributed by atoms with van der Waals surface area (Å²) in [6, 6.07) is 18.8. The van der Waals surface area contributed by atoms with Crippen molar-refractivity contribution in [3.63, 3.8) is 0 Å². The second kappa shape index (κ2) is 13.3. The Morgan fingerprint density at radius 1 is 1.08 bits per heavy atom. The molecule has 0 radical (unpaired) electrons. The van der Waals surface area contributed by atoms with Crippen molar-refractivity contribution in [3.05, 3.63) is 81.3 Å². The first-order valence-corrected chi connectivity index (χ1v) is 12.2. The zero-order chi connectivity index (χ0) is 26.8. The Hall–Kier alpha value is -4.00. The van der Waals surface area contributed by atoms with Gasteiger partial charge < -0.3 is 24.8 Å². The molecule has 190 valence electrons. The molecule has 0 unspecified atom stereocenters. The summed E-state index contributed by atoms with van der Waals surface area (Å²) in [5.74, 6) is 0.300. The van der Waals surface area contributed by atoms with Crippen LogP contribution in [0.5, 0.6) is 17.2 Å². The summed E-state index contributed by atoms with van der Waals surface area (Å²) in [4.78, 5) is 25.0. The highest BCUT2D eigenvalue weighted by Crippen LogP contribution is 2.37. The molecule has 0 aliphatic rings. The molecule has 0 aliphatic heterocycles. The summed E-state index contributed by atoms with van der Waals surface area (Å²) in [5.41, 5.74) is 1.39. The number of carbonyl (C=O) groups is 2. The Balaban J connectivity index is 1.76. The van der Waals surface area contributed by atoms with Crippen LogP contribution in [0.15, 0.2) is 70.7 Å². The number of carbonyl (C=O) groups excluding carboxylic acids is 2. The number of amides is 2. The molecule has 0 atom stereocenters. The summed E-state index contributed by atoms with van der Waals surface area (Å²) in [6.07, 6.45) is 1.43. The molecule has 10 heteroatoms. The highest BCUT2D eigenvalue weighted by Gasteiger charge is 2.16. The third-order valence-corrected chi connectivity index (χ3v) is 5.77. The Bertz CT molecular complexity index is 1350. The molecule has 3 aromatic rings. The number of para-hydroxylation sites is 1. The fraction of sp³-hybridized carbons (Fsp3) is 0.148. The number of ether oxygens (including phenoxy) is 3. The van der Waals surface area contributed by atoms with Crippen LogP contribution in [0.1, 0.15) is 12.5 Å². The number of nitrogens with one attached hydrogen (secondary N) is 2. The van der Waals surface area contributed by atoms with Crippen LogP contribution >= 0.6 is 27.5 Å². The molecule has 37 heavy (non-hydrogen) atoms. The largest absolute Gasteiger partial charge is 0.497 e. The van der Waals surface area contributed by atoms with Crippen molar-refractivity contribution in [2.24, 2.45) is 0 Å². The number of benzene rings is 3. The molecule has 0 fully saturated rings. The molecule has 0 bridgehead atoms. The van der Waals surface area contributed by atoms with E-state index >= 15 is 0 Å². The Kier molecular flexibility index (Phi) is 9.95. The number of nitrogens with zero attached hydrogens (tertiary/aromatic N) is 1.